The summed E-state index contributed by atoms with van der Waals surface area (Å²) in [6.07, 6.45) is 18.8. The van der Waals surface area contributed by atoms with Crippen LogP contribution in [0.5, 0.6) is 5.75 Å². The lowest BCUT2D eigenvalue weighted by Gasteiger charge is -2.38. The van der Waals surface area contributed by atoms with Crippen LogP contribution < -0.4 is 4.74 Å². The highest BCUT2D eigenvalue weighted by atomic mass is 16.5. The number of unbranched alkanes of at least 4 members (excludes halogenated alkanes) is 2. The number of aliphatic hydroxyl groups excluding tert-OH is 2. The minimum atomic E-state index is -0.658. The van der Waals surface area contributed by atoms with Crippen molar-refractivity contribution >= 4 is 11.9 Å². The summed E-state index contributed by atoms with van der Waals surface area (Å²) in [6.45, 7) is 19.9. The Balaban J connectivity index is 1.83. The first kappa shape index (κ1) is 44.8. The summed E-state index contributed by atoms with van der Waals surface area (Å²) in [5.41, 5.74) is 3.30. The topological polar surface area (TPSA) is 102 Å². The summed E-state index contributed by atoms with van der Waals surface area (Å²) in [4.78, 5) is 24.6. The van der Waals surface area contributed by atoms with E-state index in [0.29, 0.717) is 55.1 Å². The van der Waals surface area contributed by atoms with Crippen molar-refractivity contribution in [2.24, 2.45) is 28.6 Å². The van der Waals surface area contributed by atoms with E-state index in [2.05, 4.69) is 53.0 Å². The molecule has 0 aromatic heterocycles. The van der Waals surface area contributed by atoms with Crippen LogP contribution in [-0.2, 0) is 31.9 Å². The predicted molar refractivity (Wildman–Crippen MR) is 215 cm³/mol. The predicted octanol–water partition coefficient (Wildman–Crippen LogP) is 10.2. The molecule has 0 aliphatic heterocycles. The second-order valence-electron chi connectivity index (χ2n) is 17.9. The third-order valence-electron chi connectivity index (χ3n) is 12.1. The van der Waals surface area contributed by atoms with Crippen molar-refractivity contribution in [2.45, 2.75) is 157 Å². The summed E-state index contributed by atoms with van der Waals surface area (Å²) in [5.74, 6) is 2.90. The number of hydrogen-bond acceptors (Lipinski definition) is 7. The molecule has 2 fully saturated rings. The van der Waals surface area contributed by atoms with Crippen molar-refractivity contribution in [2.75, 3.05) is 33.0 Å². The summed E-state index contributed by atoms with van der Waals surface area (Å²) in [5, 5.41) is 20.8. The van der Waals surface area contributed by atoms with Gasteiger partial charge in [-0.15, -0.1) is 0 Å². The summed E-state index contributed by atoms with van der Waals surface area (Å²) in [7, 11) is 0. The third kappa shape index (κ3) is 14.8. The fourth-order valence-electron chi connectivity index (χ4n) is 8.38. The Morgan fingerprint density at radius 2 is 1.25 bits per heavy atom. The Bertz CT molecular complexity index is 1250. The number of carbonyl (C=O) groups is 2. The van der Waals surface area contributed by atoms with Gasteiger partial charge in [-0.25, -0.2) is 9.59 Å². The SMILES string of the molecule is C=C(C)C(=O)OCCc1cc(C2CCC(C3CCC(CCCCC)CC3)CC2)cc(CCOC(=O)C(=C)C)c1OCCC(CO)(CO)CCC(C)(C)C. The van der Waals surface area contributed by atoms with Gasteiger partial charge in [0.05, 0.1) is 33.0 Å². The van der Waals surface area contributed by atoms with Gasteiger partial charge in [0.25, 0.3) is 0 Å². The van der Waals surface area contributed by atoms with E-state index in [9.17, 15) is 19.8 Å². The number of rotatable bonds is 22. The Labute approximate surface area is 322 Å². The molecule has 53 heavy (non-hydrogen) atoms. The molecule has 0 atom stereocenters. The smallest absolute Gasteiger partial charge is 0.333 e. The number of esters is 2. The Morgan fingerprint density at radius 1 is 0.736 bits per heavy atom. The Hall–Kier alpha value is -2.64. The molecule has 0 unspecified atom stereocenters. The van der Waals surface area contributed by atoms with Crippen molar-refractivity contribution in [1.29, 1.82) is 0 Å². The van der Waals surface area contributed by atoms with E-state index in [1.54, 1.807) is 13.8 Å². The maximum Gasteiger partial charge on any atom is 0.333 e. The number of carbonyl (C=O) groups excluding carboxylic acids is 2. The monoisotopic (exact) mass is 739 g/mol. The van der Waals surface area contributed by atoms with Gasteiger partial charge in [-0.2, -0.15) is 0 Å². The molecule has 0 heterocycles. The van der Waals surface area contributed by atoms with Crippen LogP contribution in [0.1, 0.15) is 160 Å². The van der Waals surface area contributed by atoms with Crippen LogP contribution in [0.4, 0.5) is 0 Å². The van der Waals surface area contributed by atoms with Gasteiger partial charge in [0.2, 0.25) is 0 Å². The molecule has 0 saturated heterocycles. The number of hydrogen-bond donors (Lipinski definition) is 2. The molecular weight excluding hydrogens is 664 g/mol. The maximum atomic E-state index is 12.3. The second kappa shape index (κ2) is 22.0. The first-order chi connectivity index (χ1) is 25.2. The summed E-state index contributed by atoms with van der Waals surface area (Å²) < 4.78 is 17.7. The standard InChI is InChI=1S/C46H74O7/c1-9-10-11-12-35-13-15-36(16-14-35)37-17-19-38(20-18-37)41-29-39(21-26-52-43(49)33(2)3)42(40(30-41)22-27-53-44(50)34(4)5)51-28-25-46(31-47,32-48)24-23-45(6,7)8/h29-30,35-38,47-48H,2,4,9-28,31-32H2,1,3,5-8H3. The average Bonchev–Trinajstić information content (AvgIpc) is 3.13. The van der Waals surface area contributed by atoms with Crippen molar-refractivity contribution in [3.05, 3.63) is 53.1 Å². The molecule has 7 heteroatoms. The van der Waals surface area contributed by atoms with E-state index in [1.807, 2.05) is 0 Å². The molecule has 2 aliphatic rings. The van der Waals surface area contributed by atoms with Crippen LogP contribution in [0.2, 0.25) is 0 Å². The molecule has 300 valence electrons. The molecule has 0 amide bonds. The van der Waals surface area contributed by atoms with Crippen molar-refractivity contribution in [3.63, 3.8) is 0 Å². The Kier molecular flexibility index (Phi) is 18.6. The molecule has 7 nitrogen and oxygen atoms in total. The van der Waals surface area contributed by atoms with Crippen molar-refractivity contribution in [1.82, 2.24) is 0 Å². The zero-order valence-electron chi connectivity index (χ0n) is 34.4. The molecule has 2 aliphatic carbocycles. The maximum absolute atomic E-state index is 12.3. The second-order valence-corrected chi connectivity index (χ2v) is 17.9. The fourth-order valence-corrected chi connectivity index (χ4v) is 8.38. The summed E-state index contributed by atoms with van der Waals surface area (Å²) in [6, 6.07) is 4.48. The van der Waals surface area contributed by atoms with E-state index >= 15 is 0 Å². The van der Waals surface area contributed by atoms with Crippen LogP contribution in [0.3, 0.4) is 0 Å². The van der Waals surface area contributed by atoms with Crippen LogP contribution >= 0.6 is 0 Å². The van der Waals surface area contributed by atoms with Gasteiger partial charge in [0.15, 0.2) is 0 Å². The lowest BCUT2D eigenvalue weighted by molar-refractivity contribution is -0.139. The minimum absolute atomic E-state index is 0.0710. The van der Waals surface area contributed by atoms with Crippen LogP contribution in [0.15, 0.2) is 36.4 Å². The van der Waals surface area contributed by atoms with Crippen molar-refractivity contribution in [3.8, 4) is 5.75 Å². The normalized spacial score (nSPS) is 20.8. The van der Waals surface area contributed by atoms with Gasteiger partial charge in [0.1, 0.15) is 5.75 Å². The number of aliphatic hydroxyl groups is 2. The zero-order valence-corrected chi connectivity index (χ0v) is 34.4. The van der Waals surface area contributed by atoms with E-state index in [1.165, 1.54) is 69.8 Å². The fraction of sp³-hybridized carbons (Fsp3) is 0.739. The molecule has 1 aromatic carbocycles. The van der Waals surface area contributed by atoms with E-state index in [4.69, 9.17) is 14.2 Å². The quantitative estimate of drug-likeness (QED) is 0.0694. The van der Waals surface area contributed by atoms with E-state index in [0.717, 1.165) is 48.1 Å². The highest BCUT2D eigenvalue weighted by Gasteiger charge is 2.33. The van der Waals surface area contributed by atoms with Crippen LogP contribution in [0, 0.1) is 28.6 Å². The average molecular weight is 739 g/mol. The molecule has 3 rings (SSSR count). The molecule has 2 saturated carbocycles. The third-order valence-corrected chi connectivity index (χ3v) is 12.1. The number of ether oxygens (including phenoxy) is 3. The first-order valence-electron chi connectivity index (χ1n) is 20.9. The van der Waals surface area contributed by atoms with Gasteiger partial charge in [-0.05, 0) is 117 Å². The van der Waals surface area contributed by atoms with Gasteiger partial charge < -0.3 is 24.4 Å². The zero-order chi connectivity index (χ0) is 39.0. The molecular formula is C46H74O7. The molecule has 0 spiro atoms. The Morgan fingerprint density at radius 3 is 1.70 bits per heavy atom. The molecule has 1 aromatic rings. The van der Waals surface area contributed by atoms with E-state index < -0.39 is 17.4 Å². The highest BCUT2D eigenvalue weighted by Crippen LogP contribution is 2.46. The first-order valence-corrected chi connectivity index (χ1v) is 20.9. The molecule has 0 radical (unpaired) electrons. The highest BCUT2D eigenvalue weighted by molar-refractivity contribution is 5.87. The van der Waals surface area contributed by atoms with Gasteiger partial charge in [0, 0.05) is 29.4 Å². The largest absolute Gasteiger partial charge is 0.493 e. The van der Waals surface area contributed by atoms with Crippen LogP contribution in [0.25, 0.3) is 0 Å². The van der Waals surface area contributed by atoms with Crippen LogP contribution in [-0.4, -0.2) is 55.2 Å². The van der Waals surface area contributed by atoms with Gasteiger partial charge in [-0.1, -0.05) is 91.5 Å². The van der Waals surface area contributed by atoms with E-state index in [-0.39, 0.29) is 31.8 Å². The lowest BCUT2D eigenvalue weighted by Crippen LogP contribution is -2.33. The minimum Gasteiger partial charge on any atom is -0.493 e. The van der Waals surface area contributed by atoms with Gasteiger partial charge >= 0.3 is 11.9 Å². The summed E-state index contributed by atoms with van der Waals surface area (Å²) >= 11 is 0. The van der Waals surface area contributed by atoms with Crippen molar-refractivity contribution < 1.29 is 34.0 Å². The number of benzene rings is 1. The van der Waals surface area contributed by atoms with Gasteiger partial charge in [-0.3, -0.25) is 0 Å². The molecule has 0 bridgehead atoms. The molecule has 2 N–H and O–H groups in total. The lowest BCUT2D eigenvalue weighted by atomic mass is 9.67.